The summed E-state index contributed by atoms with van der Waals surface area (Å²) < 4.78 is 32.4. The van der Waals surface area contributed by atoms with Crippen LogP contribution in [0.2, 0.25) is 0 Å². The van der Waals surface area contributed by atoms with Gasteiger partial charge in [-0.3, -0.25) is 10.2 Å². The SMILES string of the molecule is Cc1noc(NS(=O)(=O)c2ccc(N/N=C(/C#N)C(=O)Nc3ccccc3C(=O)O)cc2)c1C. The number of hydrazone groups is 1. The maximum absolute atomic E-state index is 12.5. The van der Waals surface area contributed by atoms with Gasteiger partial charge in [-0.25, -0.2) is 17.9 Å². The summed E-state index contributed by atoms with van der Waals surface area (Å²) in [6.07, 6.45) is 0. The van der Waals surface area contributed by atoms with Gasteiger partial charge in [0, 0.05) is 5.56 Å². The smallest absolute Gasteiger partial charge is 0.337 e. The molecule has 1 heterocycles. The molecule has 0 aliphatic heterocycles. The highest BCUT2D eigenvalue weighted by atomic mass is 32.2. The maximum atomic E-state index is 12.5. The number of para-hydroxylation sites is 1. The Morgan fingerprint density at radius 3 is 2.38 bits per heavy atom. The van der Waals surface area contributed by atoms with Crippen molar-refractivity contribution in [2.24, 2.45) is 5.10 Å². The minimum absolute atomic E-state index is 0.00203. The van der Waals surface area contributed by atoms with Crippen molar-refractivity contribution in [1.82, 2.24) is 5.16 Å². The Bertz CT molecular complexity index is 1420. The topological polar surface area (TPSA) is 187 Å². The van der Waals surface area contributed by atoms with E-state index < -0.39 is 27.6 Å². The molecule has 0 bridgehead atoms. The van der Waals surface area contributed by atoms with E-state index in [1.54, 1.807) is 19.9 Å². The van der Waals surface area contributed by atoms with E-state index in [0.29, 0.717) is 11.3 Å². The molecule has 1 amide bonds. The highest BCUT2D eigenvalue weighted by molar-refractivity contribution is 7.92. The highest BCUT2D eigenvalue weighted by Crippen LogP contribution is 2.22. The van der Waals surface area contributed by atoms with Gasteiger partial charge in [0.2, 0.25) is 11.6 Å². The number of rotatable bonds is 8. The third-order valence-electron chi connectivity index (χ3n) is 4.57. The first kappa shape index (κ1) is 24.0. The first-order chi connectivity index (χ1) is 16.1. The lowest BCUT2D eigenvalue weighted by Crippen LogP contribution is -2.23. The molecule has 0 saturated carbocycles. The molecule has 0 aliphatic rings. The number of aromatic carboxylic acids is 1. The Balaban J connectivity index is 1.71. The van der Waals surface area contributed by atoms with Gasteiger partial charge in [0.1, 0.15) is 6.07 Å². The third kappa shape index (κ3) is 5.37. The van der Waals surface area contributed by atoms with E-state index in [-0.39, 0.29) is 27.7 Å². The molecule has 0 saturated heterocycles. The molecule has 0 aliphatic carbocycles. The number of carbonyl (C=O) groups is 2. The van der Waals surface area contributed by atoms with Crippen molar-refractivity contribution in [1.29, 1.82) is 5.26 Å². The molecule has 1 aromatic heterocycles. The van der Waals surface area contributed by atoms with Crippen LogP contribution in [0.1, 0.15) is 21.6 Å². The molecule has 3 aromatic rings. The van der Waals surface area contributed by atoms with Crippen LogP contribution in [-0.2, 0) is 14.8 Å². The zero-order valence-corrected chi connectivity index (χ0v) is 18.7. The molecule has 2 aromatic carbocycles. The van der Waals surface area contributed by atoms with Gasteiger partial charge in [0.15, 0.2) is 0 Å². The number of carbonyl (C=O) groups excluding carboxylic acids is 1. The van der Waals surface area contributed by atoms with Crippen molar-refractivity contribution in [3.63, 3.8) is 0 Å². The predicted molar refractivity (Wildman–Crippen MR) is 122 cm³/mol. The van der Waals surface area contributed by atoms with Crippen molar-refractivity contribution in [2.75, 3.05) is 15.5 Å². The van der Waals surface area contributed by atoms with Crippen molar-refractivity contribution in [3.8, 4) is 6.07 Å². The quantitative estimate of drug-likeness (QED) is 0.276. The minimum Gasteiger partial charge on any atom is -0.478 e. The fraction of sp³-hybridized carbons (Fsp3) is 0.0952. The van der Waals surface area contributed by atoms with E-state index in [4.69, 9.17) is 4.52 Å². The number of anilines is 3. The Morgan fingerprint density at radius 1 is 1.12 bits per heavy atom. The van der Waals surface area contributed by atoms with Crippen molar-refractivity contribution in [2.45, 2.75) is 18.7 Å². The van der Waals surface area contributed by atoms with E-state index in [0.717, 1.165) is 0 Å². The summed E-state index contributed by atoms with van der Waals surface area (Å²) in [5, 5.41) is 28.2. The van der Waals surface area contributed by atoms with Crippen LogP contribution in [0.3, 0.4) is 0 Å². The largest absolute Gasteiger partial charge is 0.478 e. The number of nitriles is 1. The highest BCUT2D eigenvalue weighted by Gasteiger charge is 2.19. The van der Waals surface area contributed by atoms with Crippen LogP contribution in [0, 0.1) is 25.2 Å². The van der Waals surface area contributed by atoms with E-state index >= 15 is 0 Å². The first-order valence-corrected chi connectivity index (χ1v) is 11.0. The summed E-state index contributed by atoms with van der Waals surface area (Å²) in [5.74, 6) is -2.16. The van der Waals surface area contributed by atoms with Gasteiger partial charge in [-0.1, -0.05) is 17.3 Å². The molecule has 13 heteroatoms. The lowest BCUT2D eigenvalue weighted by molar-refractivity contribution is -0.110. The Hall–Kier alpha value is -4.70. The molecule has 0 atom stereocenters. The summed E-state index contributed by atoms with van der Waals surface area (Å²) in [5.41, 5.74) is 3.17. The number of aryl methyl sites for hydroxylation is 1. The molecular weight excluding hydrogens is 464 g/mol. The summed E-state index contributed by atoms with van der Waals surface area (Å²) in [4.78, 5) is 23.5. The van der Waals surface area contributed by atoms with E-state index in [1.165, 1.54) is 48.5 Å². The molecule has 12 nitrogen and oxygen atoms in total. The van der Waals surface area contributed by atoms with Crippen LogP contribution < -0.4 is 15.5 Å². The Kier molecular flexibility index (Phi) is 6.93. The molecule has 0 spiro atoms. The second-order valence-corrected chi connectivity index (χ2v) is 8.52. The van der Waals surface area contributed by atoms with E-state index in [1.807, 2.05) is 0 Å². The summed E-state index contributed by atoms with van der Waals surface area (Å²) in [6, 6.07) is 12.6. The first-order valence-electron chi connectivity index (χ1n) is 9.55. The number of nitrogens with zero attached hydrogens (tertiary/aromatic N) is 3. The Morgan fingerprint density at radius 2 is 1.79 bits per heavy atom. The van der Waals surface area contributed by atoms with Gasteiger partial charge in [-0.15, -0.1) is 0 Å². The number of hydrogen-bond donors (Lipinski definition) is 4. The van der Waals surface area contributed by atoms with E-state index in [2.05, 4.69) is 25.7 Å². The zero-order valence-electron chi connectivity index (χ0n) is 17.9. The molecule has 174 valence electrons. The predicted octanol–water partition coefficient (Wildman–Crippen LogP) is 2.72. The molecular formula is C21H18N6O6S. The second kappa shape index (κ2) is 9.84. The molecule has 34 heavy (non-hydrogen) atoms. The number of sulfonamides is 1. The van der Waals surface area contributed by atoms with Crippen LogP contribution in [0.15, 0.2) is 63.1 Å². The molecule has 0 unspecified atom stereocenters. The molecule has 0 radical (unpaired) electrons. The summed E-state index contributed by atoms with van der Waals surface area (Å²) >= 11 is 0. The summed E-state index contributed by atoms with van der Waals surface area (Å²) in [7, 11) is -3.95. The Labute approximate surface area is 193 Å². The molecule has 3 rings (SSSR count). The molecule has 4 N–H and O–H groups in total. The number of amides is 1. The number of nitrogens with one attached hydrogen (secondary N) is 3. The number of carboxylic acid groups (broad SMARTS) is 1. The number of benzene rings is 2. The minimum atomic E-state index is -3.95. The molecule has 0 fully saturated rings. The van der Waals surface area contributed by atoms with E-state index in [9.17, 15) is 28.4 Å². The second-order valence-electron chi connectivity index (χ2n) is 6.84. The lowest BCUT2D eigenvalue weighted by Gasteiger charge is -2.08. The number of hydrogen-bond acceptors (Lipinski definition) is 9. The third-order valence-corrected chi connectivity index (χ3v) is 5.92. The van der Waals surface area contributed by atoms with Crippen molar-refractivity contribution < 1.29 is 27.6 Å². The standard InChI is InChI=1S/C21H18N6O6S/c1-12-13(2)26-33-20(12)27-34(31,32)15-9-7-14(8-10-15)24-25-18(11-22)19(28)23-17-6-4-3-5-16(17)21(29)30/h3-10,24,27H,1-2H3,(H,23,28)(H,29,30)/b25-18-. The van der Waals surface area contributed by atoms with Crippen molar-refractivity contribution in [3.05, 3.63) is 65.4 Å². The lowest BCUT2D eigenvalue weighted by atomic mass is 10.1. The number of aromatic nitrogens is 1. The van der Waals surface area contributed by atoms with Crippen LogP contribution >= 0.6 is 0 Å². The fourth-order valence-electron chi connectivity index (χ4n) is 2.61. The average molecular weight is 482 g/mol. The van der Waals surface area contributed by atoms with Crippen LogP contribution in [0.4, 0.5) is 17.3 Å². The van der Waals surface area contributed by atoms with Gasteiger partial charge >= 0.3 is 5.97 Å². The zero-order chi connectivity index (χ0) is 24.9. The summed E-state index contributed by atoms with van der Waals surface area (Å²) in [6.45, 7) is 3.34. The van der Waals surface area contributed by atoms with Gasteiger partial charge in [0.25, 0.3) is 15.9 Å². The van der Waals surface area contributed by atoms with Crippen LogP contribution in [0.25, 0.3) is 0 Å². The van der Waals surface area contributed by atoms with Crippen LogP contribution in [0.5, 0.6) is 0 Å². The normalized spacial score (nSPS) is 11.4. The van der Waals surface area contributed by atoms with Crippen molar-refractivity contribution >= 4 is 44.9 Å². The van der Waals surface area contributed by atoms with Gasteiger partial charge in [-0.05, 0) is 50.2 Å². The number of carboxylic acids is 1. The monoisotopic (exact) mass is 482 g/mol. The van der Waals surface area contributed by atoms with Crippen LogP contribution in [-0.4, -0.2) is 36.3 Å². The maximum Gasteiger partial charge on any atom is 0.337 e. The fourth-order valence-corrected chi connectivity index (χ4v) is 3.65. The van der Waals surface area contributed by atoms with Gasteiger partial charge in [0.05, 0.1) is 27.5 Å². The average Bonchev–Trinajstić information content (AvgIpc) is 3.11. The van der Waals surface area contributed by atoms with Gasteiger partial charge in [-0.2, -0.15) is 10.4 Å². The van der Waals surface area contributed by atoms with Gasteiger partial charge < -0.3 is 14.9 Å².